The van der Waals surface area contributed by atoms with Gasteiger partial charge >= 0.3 is 0 Å². The van der Waals surface area contributed by atoms with Gasteiger partial charge in [-0.1, -0.05) is 12.8 Å². The van der Waals surface area contributed by atoms with Crippen molar-refractivity contribution in [2.24, 2.45) is 5.92 Å². The van der Waals surface area contributed by atoms with Crippen LogP contribution in [0.1, 0.15) is 36.0 Å². The van der Waals surface area contributed by atoms with Gasteiger partial charge in [-0.15, -0.1) is 0 Å². The number of aliphatic hydroxyl groups is 1. The van der Waals surface area contributed by atoms with Gasteiger partial charge in [0.15, 0.2) is 0 Å². The highest BCUT2D eigenvalue weighted by Crippen LogP contribution is 2.23. The molecule has 0 radical (unpaired) electrons. The first-order valence-electron chi connectivity index (χ1n) is 6.82. The van der Waals surface area contributed by atoms with Crippen LogP contribution < -0.4 is 10.9 Å². The van der Waals surface area contributed by atoms with Crippen molar-refractivity contribution in [1.82, 2.24) is 10.3 Å². The molecule has 0 saturated heterocycles. The van der Waals surface area contributed by atoms with Gasteiger partial charge in [0.1, 0.15) is 5.56 Å². The van der Waals surface area contributed by atoms with E-state index in [-0.39, 0.29) is 23.7 Å². The maximum atomic E-state index is 12.0. The Labute approximate surface area is 120 Å². The fourth-order valence-corrected chi connectivity index (χ4v) is 2.49. The number of aliphatic hydroxyl groups excluding tert-OH is 1. The van der Waals surface area contributed by atoms with E-state index in [1.807, 2.05) is 0 Å². The largest absolute Gasteiger partial charge is 0.393 e. The van der Waals surface area contributed by atoms with Gasteiger partial charge in [-0.25, -0.2) is 0 Å². The van der Waals surface area contributed by atoms with E-state index >= 15 is 0 Å². The lowest BCUT2D eigenvalue weighted by molar-refractivity contribution is -0.385. The monoisotopic (exact) mass is 295 g/mol. The van der Waals surface area contributed by atoms with Crippen molar-refractivity contribution in [2.75, 3.05) is 6.54 Å². The third-order valence-corrected chi connectivity index (χ3v) is 3.74. The number of aromatic nitrogens is 1. The molecular weight excluding hydrogens is 278 g/mol. The number of carbonyl (C=O) groups is 1. The molecule has 1 aliphatic rings. The molecular formula is C13H17N3O5. The fraction of sp³-hybridized carbons (Fsp3) is 0.538. The van der Waals surface area contributed by atoms with Gasteiger partial charge in [-0.2, -0.15) is 0 Å². The van der Waals surface area contributed by atoms with Crippen LogP contribution in [0, 0.1) is 16.0 Å². The number of nitrogens with one attached hydrogen (secondary N) is 2. The van der Waals surface area contributed by atoms with Crippen molar-refractivity contribution in [2.45, 2.75) is 31.8 Å². The zero-order chi connectivity index (χ0) is 15.4. The Bertz CT molecular complexity index is 598. The van der Waals surface area contributed by atoms with Crippen LogP contribution in [0.5, 0.6) is 0 Å². The van der Waals surface area contributed by atoms with Gasteiger partial charge in [-0.05, 0) is 12.8 Å². The standard InChI is InChI=1S/C13H17N3O5/c17-11-4-2-1-3-8(11)6-14-12(18)10-5-9(16(20)21)7-15-13(10)19/h5,7-8,11,17H,1-4,6H2,(H,14,18)(H,15,19). The molecule has 1 amide bonds. The van der Waals surface area contributed by atoms with Gasteiger partial charge in [-0.3, -0.25) is 19.7 Å². The Hall–Kier alpha value is -2.22. The Kier molecular flexibility index (Phi) is 4.69. The van der Waals surface area contributed by atoms with Crippen LogP contribution in [0.3, 0.4) is 0 Å². The molecule has 114 valence electrons. The van der Waals surface area contributed by atoms with Gasteiger partial charge in [0.25, 0.3) is 17.2 Å². The van der Waals surface area contributed by atoms with Crippen molar-refractivity contribution in [3.63, 3.8) is 0 Å². The molecule has 8 nitrogen and oxygen atoms in total. The summed E-state index contributed by atoms with van der Waals surface area (Å²) in [5.41, 5.74) is -1.32. The van der Waals surface area contributed by atoms with Crippen LogP contribution in [-0.4, -0.2) is 33.6 Å². The van der Waals surface area contributed by atoms with Crippen LogP contribution in [0.4, 0.5) is 5.69 Å². The predicted octanol–water partition coefficient (Wildman–Crippen LogP) is 0.564. The number of rotatable bonds is 4. The third-order valence-electron chi connectivity index (χ3n) is 3.74. The van der Waals surface area contributed by atoms with Crippen LogP contribution >= 0.6 is 0 Å². The molecule has 1 aromatic heterocycles. The van der Waals surface area contributed by atoms with E-state index in [1.165, 1.54) is 0 Å². The molecule has 1 aliphatic carbocycles. The molecule has 1 fully saturated rings. The molecule has 0 aromatic carbocycles. The van der Waals surface area contributed by atoms with Crippen molar-refractivity contribution in [1.29, 1.82) is 0 Å². The minimum atomic E-state index is -0.683. The van der Waals surface area contributed by atoms with E-state index in [1.54, 1.807) is 0 Å². The number of hydrogen-bond donors (Lipinski definition) is 3. The van der Waals surface area contributed by atoms with Crippen molar-refractivity contribution in [3.05, 3.63) is 38.3 Å². The summed E-state index contributed by atoms with van der Waals surface area (Å²) in [5, 5.41) is 23.0. The van der Waals surface area contributed by atoms with Gasteiger partial charge in [0.2, 0.25) is 0 Å². The lowest BCUT2D eigenvalue weighted by atomic mass is 9.86. The second-order valence-electron chi connectivity index (χ2n) is 5.18. The van der Waals surface area contributed by atoms with Gasteiger partial charge in [0, 0.05) is 18.5 Å². The lowest BCUT2D eigenvalue weighted by Crippen LogP contribution is -2.38. The van der Waals surface area contributed by atoms with Crippen molar-refractivity contribution in [3.8, 4) is 0 Å². The molecule has 2 unspecified atom stereocenters. The summed E-state index contributed by atoms with van der Waals surface area (Å²) >= 11 is 0. The molecule has 0 bridgehead atoms. The number of H-pyrrole nitrogens is 1. The molecule has 2 rings (SSSR count). The number of pyridine rings is 1. The Morgan fingerprint density at radius 1 is 1.48 bits per heavy atom. The maximum Gasteiger partial charge on any atom is 0.286 e. The molecule has 1 aromatic rings. The van der Waals surface area contributed by atoms with E-state index in [4.69, 9.17) is 0 Å². The summed E-state index contributed by atoms with van der Waals surface area (Å²) in [6.07, 6.45) is 3.97. The highest BCUT2D eigenvalue weighted by molar-refractivity contribution is 5.94. The summed E-state index contributed by atoms with van der Waals surface area (Å²) in [6, 6.07) is 0.950. The molecule has 0 aliphatic heterocycles. The summed E-state index contributed by atoms with van der Waals surface area (Å²) in [6.45, 7) is 0.252. The van der Waals surface area contributed by atoms with Crippen molar-refractivity contribution < 1.29 is 14.8 Å². The zero-order valence-electron chi connectivity index (χ0n) is 11.4. The van der Waals surface area contributed by atoms with E-state index in [9.17, 15) is 24.8 Å². The second-order valence-corrected chi connectivity index (χ2v) is 5.18. The quantitative estimate of drug-likeness (QED) is 0.553. The first-order valence-corrected chi connectivity index (χ1v) is 6.82. The van der Waals surface area contributed by atoms with Gasteiger partial charge in [0.05, 0.1) is 17.2 Å². The number of amides is 1. The average Bonchev–Trinajstić information content (AvgIpc) is 2.46. The molecule has 3 N–H and O–H groups in total. The molecule has 1 heterocycles. The highest BCUT2D eigenvalue weighted by atomic mass is 16.6. The zero-order valence-corrected chi connectivity index (χ0v) is 11.4. The fourth-order valence-electron chi connectivity index (χ4n) is 2.49. The first-order chi connectivity index (χ1) is 9.99. The van der Waals surface area contributed by atoms with E-state index < -0.39 is 22.5 Å². The summed E-state index contributed by atoms with van der Waals surface area (Å²) in [4.78, 5) is 35.7. The Balaban J connectivity index is 2.04. The van der Waals surface area contributed by atoms with E-state index in [0.29, 0.717) is 6.42 Å². The number of aromatic amines is 1. The summed E-state index contributed by atoms with van der Waals surface area (Å²) in [7, 11) is 0. The highest BCUT2D eigenvalue weighted by Gasteiger charge is 2.24. The SMILES string of the molecule is O=C(NCC1CCCCC1O)c1cc([N+](=O)[O-])c[nH]c1=O. The number of hydrogen-bond acceptors (Lipinski definition) is 5. The molecule has 8 heteroatoms. The van der Waals surface area contributed by atoms with Gasteiger partial charge < -0.3 is 15.4 Å². The predicted molar refractivity (Wildman–Crippen MR) is 74.0 cm³/mol. The van der Waals surface area contributed by atoms with Crippen LogP contribution in [0.2, 0.25) is 0 Å². The molecule has 1 saturated carbocycles. The van der Waals surface area contributed by atoms with Crippen LogP contribution in [0.25, 0.3) is 0 Å². The van der Waals surface area contributed by atoms with Crippen LogP contribution in [-0.2, 0) is 0 Å². The number of nitro groups is 1. The number of nitrogens with zero attached hydrogens (tertiary/aromatic N) is 1. The normalized spacial score (nSPS) is 21.8. The van der Waals surface area contributed by atoms with Crippen LogP contribution in [0.15, 0.2) is 17.1 Å². The topological polar surface area (TPSA) is 125 Å². The second kappa shape index (κ2) is 6.49. The summed E-state index contributed by atoms with van der Waals surface area (Å²) < 4.78 is 0. The Morgan fingerprint density at radius 3 is 2.86 bits per heavy atom. The van der Waals surface area contributed by atoms with Crippen molar-refractivity contribution >= 4 is 11.6 Å². The van der Waals surface area contributed by atoms with E-state index in [2.05, 4.69) is 10.3 Å². The number of carbonyl (C=O) groups excluding carboxylic acids is 1. The summed E-state index contributed by atoms with van der Waals surface area (Å²) in [5.74, 6) is -0.710. The van der Waals surface area contributed by atoms with E-state index in [0.717, 1.165) is 31.5 Å². The minimum absolute atomic E-state index is 0.0412. The maximum absolute atomic E-state index is 12.0. The third kappa shape index (κ3) is 3.66. The Morgan fingerprint density at radius 2 is 2.19 bits per heavy atom. The smallest absolute Gasteiger partial charge is 0.286 e. The lowest BCUT2D eigenvalue weighted by Gasteiger charge is -2.27. The average molecular weight is 295 g/mol. The molecule has 21 heavy (non-hydrogen) atoms. The minimum Gasteiger partial charge on any atom is -0.393 e. The molecule has 0 spiro atoms. The first kappa shape index (κ1) is 15.2. The molecule has 2 atom stereocenters.